The number of likely N-dealkylation sites (N-methyl/N-ethyl adjacent to an activating group) is 1. The molecule has 1 aromatic carbocycles. The number of carbonyl (C=O) groups excluding carboxylic acids is 4. The molecular formula is C28H34N4O9S. The highest BCUT2D eigenvalue weighted by Crippen LogP contribution is 2.52. The monoisotopic (exact) mass is 602 g/mol. The fourth-order valence-corrected chi connectivity index (χ4v) is 7.13. The van der Waals surface area contributed by atoms with Crippen molar-refractivity contribution < 1.29 is 38.7 Å². The van der Waals surface area contributed by atoms with Crippen molar-refractivity contribution in [1.29, 1.82) is 0 Å². The van der Waals surface area contributed by atoms with Gasteiger partial charge in [0, 0.05) is 48.8 Å². The van der Waals surface area contributed by atoms with Crippen LogP contribution in [0, 0.1) is 22.0 Å². The Morgan fingerprint density at radius 3 is 2.50 bits per heavy atom. The van der Waals surface area contributed by atoms with E-state index in [1.54, 1.807) is 14.1 Å². The minimum absolute atomic E-state index is 0.0115. The smallest absolute Gasteiger partial charge is 0.410 e. The van der Waals surface area contributed by atoms with Crippen molar-refractivity contribution in [2.75, 3.05) is 27.2 Å². The normalized spacial score (nSPS) is 25.5. The zero-order valence-electron chi connectivity index (χ0n) is 23.8. The summed E-state index contributed by atoms with van der Waals surface area (Å²) < 4.78 is 10.8. The molecule has 1 N–H and O–H groups in total. The van der Waals surface area contributed by atoms with Gasteiger partial charge >= 0.3 is 12.1 Å². The molecule has 3 amide bonds. The van der Waals surface area contributed by atoms with Gasteiger partial charge in [-0.1, -0.05) is 19.6 Å². The molecule has 2 saturated heterocycles. The van der Waals surface area contributed by atoms with E-state index in [0.29, 0.717) is 16.9 Å². The van der Waals surface area contributed by atoms with Crippen LogP contribution in [0.5, 0.6) is 0 Å². The number of nitrogens with zero attached hydrogens (tertiary/aromatic N) is 4. The van der Waals surface area contributed by atoms with Crippen molar-refractivity contribution in [3.8, 4) is 0 Å². The van der Waals surface area contributed by atoms with Crippen LogP contribution in [-0.4, -0.2) is 99.3 Å². The first-order valence-corrected chi connectivity index (χ1v) is 14.3. The molecule has 42 heavy (non-hydrogen) atoms. The van der Waals surface area contributed by atoms with E-state index in [1.165, 1.54) is 63.7 Å². The van der Waals surface area contributed by atoms with Crippen molar-refractivity contribution >= 4 is 41.3 Å². The van der Waals surface area contributed by atoms with E-state index < -0.39 is 41.1 Å². The lowest BCUT2D eigenvalue weighted by atomic mass is 9.79. The van der Waals surface area contributed by atoms with Crippen LogP contribution in [-0.2, 0) is 30.5 Å². The average Bonchev–Trinajstić information content (AvgIpc) is 3.47. The maximum absolute atomic E-state index is 13.5. The molecule has 1 unspecified atom stereocenters. The summed E-state index contributed by atoms with van der Waals surface area (Å²) in [5, 5.41) is 20.9. The van der Waals surface area contributed by atoms with Gasteiger partial charge in [-0.2, -0.15) is 0 Å². The third-order valence-electron chi connectivity index (χ3n) is 7.66. The molecule has 0 saturated carbocycles. The highest BCUT2D eigenvalue weighted by atomic mass is 32.2. The Balaban J connectivity index is 1.59. The van der Waals surface area contributed by atoms with E-state index in [0.717, 1.165) is 0 Å². The highest BCUT2D eigenvalue weighted by molar-refractivity contribution is 8.03. The molecule has 3 aliphatic rings. The van der Waals surface area contributed by atoms with Gasteiger partial charge in [-0.25, -0.2) is 9.59 Å². The number of thioether (sulfide) groups is 1. The molecule has 0 bridgehead atoms. The predicted molar refractivity (Wildman–Crippen MR) is 152 cm³/mol. The second kappa shape index (κ2) is 12.5. The number of fused-ring (bicyclic) bond motifs is 1. The van der Waals surface area contributed by atoms with Gasteiger partial charge in [-0.3, -0.25) is 24.6 Å². The Hall–Kier alpha value is -3.91. The molecular weight excluding hydrogens is 568 g/mol. The Labute approximate surface area is 247 Å². The third kappa shape index (κ3) is 5.86. The highest BCUT2D eigenvalue weighted by Gasteiger charge is 2.60. The molecule has 6 atom stereocenters. The van der Waals surface area contributed by atoms with Gasteiger partial charge < -0.3 is 24.4 Å². The van der Waals surface area contributed by atoms with E-state index in [2.05, 4.69) is 6.58 Å². The van der Waals surface area contributed by atoms with Crippen LogP contribution in [0.25, 0.3) is 0 Å². The fraction of sp³-hybridized carbons (Fsp3) is 0.500. The van der Waals surface area contributed by atoms with Gasteiger partial charge in [-0.05, 0) is 31.0 Å². The lowest BCUT2D eigenvalue weighted by Gasteiger charge is -2.46. The molecule has 1 aromatic rings. The number of hydrogen-bond donors (Lipinski definition) is 1. The van der Waals surface area contributed by atoms with Gasteiger partial charge in [0.1, 0.15) is 25.0 Å². The Kier molecular flexibility index (Phi) is 9.26. The number of aliphatic hydroxyl groups excluding tert-OH is 1. The number of β-lactam (4-membered cyclic amide) rings is 1. The first-order chi connectivity index (χ1) is 19.9. The van der Waals surface area contributed by atoms with E-state index in [4.69, 9.17) is 9.47 Å². The Bertz CT molecular complexity index is 1310. The van der Waals surface area contributed by atoms with Crippen LogP contribution >= 0.6 is 11.8 Å². The zero-order chi connectivity index (χ0) is 30.9. The number of ether oxygens (including phenoxy) is 2. The molecule has 226 valence electrons. The summed E-state index contributed by atoms with van der Waals surface area (Å²) in [7, 11) is 3.20. The molecule has 13 nitrogen and oxygen atoms in total. The number of esters is 1. The predicted octanol–water partition coefficient (Wildman–Crippen LogP) is 2.29. The maximum Gasteiger partial charge on any atom is 0.410 e. The molecule has 4 rings (SSSR count). The van der Waals surface area contributed by atoms with Gasteiger partial charge in [0.15, 0.2) is 0 Å². The van der Waals surface area contributed by atoms with Crippen molar-refractivity contribution in [1.82, 2.24) is 14.7 Å². The quantitative estimate of drug-likeness (QED) is 0.138. The number of non-ortho nitro benzene ring substituents is 1. The number of aliphatic hydroxyl groups is 1. The van der Waals surface area contributed by atoms with Crippen molar-refractivity contribution in [2.24, 2.45) is 11.8 Å². The van der Waals surface area contributed by atoms with Crippen LogP contribution in [0.3, 0.4) is 0 Å². The van der Waals surface area contributed by atoms with Crippen molar-refractivity contribution in [3.05, 3.63) is 63.2 Å². The molecule has 0 aromatic heterocycles. The molecule has 0 radical (unpaired) electrons. The molecule has 3 aliphatic heterocycles. The lowest BCUT2D eigenvalue weighted by Crippen LogP contribution is -2.63. The number of likely N-dealkylation sites (tertiary alicyclic amines) is 1. The largest absolute Gasteiger partial charge is 0.456 e. The summed E-state index contributed by atoms with van der Waals surface area (Å²) in [4.78, 5) is 67.4. The second-order valence-electron chi connectivity index (χ2n) is 10.7. The third-order valence-corrected chi connectivity index (χ3v) is 9.15. The Morgan fingerprint density at radius 2 is 1.93 bits per heavy atom. The van der Waals surface area contributed by atoms with E-state index >= 15 is 0 Å². The Morgan fingerprint density at radius 1 is 1.26 bits per heavy atom. The van der Waals surface area contributed by atoms with Crippen molar-refractivity contribution in [3.63, 3.8) is 0 Å². The van der Waals surface area contributed by atoms with E-state index in [9.17, 15) is 34.4 Å². The molecule has 0 spiro atoms. The van der Waals surface area contributed by atoms with E-state index in [-0.39, 0.29) is 54.1 Å². The maximum atomic E-state index is 13.5. The summed E-state index contributed by atoms with van der Waals surface area (Å²) in [5.74, 6) is -2.41. The molecule has 0 aliphatic carbocycles. The van der Waals surface area contributed by atoms with Crippen LogP contribution < -0.4 is 0 Å². The summed E-state index contributed by atoms with van der Waals surface area (Å²) in [6.45, 7) is 6.93. The minimum atomic E-state index is -0.924. The van der Waals surface area contributed by atoms with E-state index in [1.807, 2.05) is 6.92 Å². The summed E-state index contributed by atoms with van der Waals surface area (Å²) in [6, 6.07) is 4.36. The number of carbonyl (C=O) groups is 4. The number of benzene rings is 1. The van der Waals surface area contributed by atoms with Gasteiger partial charge in [-0.15, -0.1) is 11.8 Å². The summed E-state index contributed by atoms with van der Waals surface area (Å²) >= 11 is 1.32. The number of hydrogen-bond acceptors (Lipinski definition) is 10. The average molecular weight is 603 g/mol. The van der Waals surface area contributed by atoms with Crippen LogP contribution in [0.1, 0.15) is 25.8 Å². The first kappa shape index (κ1) is 31.0. The van der Waals surface area contributed by atoms with Crippen LogP contribution in [0.15, 0.2) is 47.5 Å². The van der Waals surface area contributed by atoms with Crippen LogP contribution in [0.2, 0.25) is 0 Å². The minimum Gasteiger partial charge on any atom is -0.456 e. The number of amides is 3. The van der Waals surface area contributed by atoms with Gasteiger partial charge in [0.25, 0.3) is 5.69 Å². The summed E-state index contributed by atoms with van der Waals surface area (Å²) in [6.07, 6.45) is 0.154. The topological polar surface area (TPSA) is 160 Å². The zero-order valence-corrected chi connectivity index (χ0v) is 24.6. The lowest BCUT2D eigenvalue weighted by molar-refractivity contribution is -0.384. The number of nitro benzene ring substituents is 1. The number of rotatable bonds is 10. The SMILES string of the molecule is C=CCOC(=O)N1C[C@@H](SC2=C(C(=O)OCc3ccc([N+](=O)[O-])cc3)N3C(=O)[C@H](C(C)O)[C@H]3[C@H]2C)C[C@H]1C(=O)N(C)C. The molecule has 14 heteroatoms. The van der Waals surface area contributed by atoms with Crippen molar-refractivity contribution in [2.45, 2.75) is 50.3 Å². The van der Waals surface area contributed by atoms with Crippen LogP contribution in [0.4, 0.5) is 10.5 Å². The van der Waals surface area contributed by atoms with Gasteiger partial charge in [0.05, 0.1) is 23.0 Å². The second-order valence-corrected chi connectivity index (χ2v) is 12.1. The van der Waals surface area contributed by atoms with Gasteiger partial charge in [0.2, 0.25) is 11.8 Å². The number of nitro groups is 1. The molecule has 3 heterocycles. The summed E-state index contributed by atoms with van der Waals surface area (Å²) in [5.41, 5.74) is 0.501. The molecule has 2 fully saturated rings. The standard InChI is InChI=1S/C28H34N4O9S/c1-6-11-40-28(37)30-13-19(12-20(30)25(34)29(4)5)42-24-15(2)22-21(16(3)33)26(35)31(22)23(24)27(36)41-14-17-7-9-18(10-8-17)32(38)39/h6-10,15-16,19-22,33H,1,11-14H2,2-5H3/t15-,16?,19+,20+,21-,22-/m1/s1. The fourth-order valence-electron chi connectivity index (χ4n) is 5.61. The first-order valence-electron chi connectivity index (χ1n) is 13.4.